The van der Waals surface area contributed by atoms with E-state index in [4.69, 9.17) is 0 Å². The molecule has 2 N–H and O–H groups in total. The van der Waals surface area contributed by atoms with Gasteiger partial charge in [0.25, 0.3) is 0 Å². The lowest BCUT2D eigenvalue weighted by Crippen LogP contribution is -2.50. The summed E-state index contributed by atoms with van der Waals surface area (Å²) in [7, 11) is 0. The Balaban J connectivity index is 1.56. The maximum Gasteiger partial charge on any atom is 0.320 e. The molecular weight excluding hydrogens is 324 g/mol. The summed E-state index contributed by atoms with van der Waals surface area (Å²) < 4.78 is 4.37. The Hall–Kier alpha value is -2.41. The molecule has 7 heteroatoms. The monoisotopic (exact) mass is 344 g/mol. The summed E-state index contributed by atoms with van der Waals surface area (Å²) in [6.45, 7) is 2.90. The lowest BCUT2D eigenvalue weighted by atomic mass is 10.1. The Morgan fingerprint density at radius 3 is 2.83 bits per heavy atom. The number of anilines is 1. The average Bonchev–Trinajstić information content (AvgIpc) is 3.04. The number of nitrogens with zero attached hydrogens (tertiary/aromatic N) is 2. The normalized spacial score (nSPS) is 17.4. The summed E-state index contributed by atoms with van der Waals surface area (Å²) in [5.41, 5.74) is 1.86. The topological polar surface area (TPSA) is 74.3 Å². The van der Waals surface area contributed by atoms with Crippen LogP contribution in [0.4, 0.5) is 9.80 Å². The van der Waals surface area contributed by atoms with Crippen LogP contribution in [0.1, 0.15) is 19.8 Å². The minimum absolute atomic E-state index is 0.0100. The second-order valence-corrected chi connectivity index (χ2v) is 6.65. The van der Waals surface area contributed by atoms with Crippen LogP contribution in [0.25, 0.3) is 11.3 Å². The van der Waals surface area contributed by atoms with Gasteiger partial charge in [0.2, 0.25) is 5.91 Å². The first-order chi connectivity index (χ1) is 11.6. The van der Waals surface area contributed by atoms with Crippen molar-refractivity contribution in [1.82, 2.24) is 14.6 Å². The van der Waals surface area contributed by atoms with Crippen molar-refractivity contribution >= 4 is 28.5 Å². The predicted octanol–water partition coefficient (Wildman–Crippen LogP) is 2.94. The van der Waals surface area contributed by atoms with Gasteiger partial charge in [-0.25, -0.2) is 4.79 Å². The molecule has 0 saturated carbocycles. The van der Waals surface area contributed by atoms with Gasteiger partial charge in [-0.05, 0) is 24.4 Å². The van der Waals surface area contributed by atoms with Gasteiger partial charge in [0.1, 0.15) is 5.00 Å². The lowest BCUT2D eigenvalue weighted by Gasteiger charge is -2.32. The van der Waals surface area contributed by atoms with Crippen molar-refractivity contribution in [3.63, 3.8) is 0 Å². The number of nitrogens with one attached hydrogen (secondary N) is 2. The Morgan fingerprint density at radius 1 is 1.29 bits per heavy atom. The molecule has 3 rings (SSSR count). The van der Waals surface area contributed by atoms with E-state index in [1.807, 2.05) is 36.4 Å². The molecule has 0 radical (unpaired) electrons. The van der Waals surface area contributed by atoms with Gasteiger partial charge in [-0.3, -0.25) is 10.1 Å². The molecule has 24 heavy (non-hydrogen) atoms. The maximum atomic E-state index is 12.2. The first kappa shape index (κ1) is 16.4. The summed E-state index contributed by atoms with van der Waals surface area (Å²) in [4.78, 5) is 25.4. The van der Waals surface area contributed by atoms with Crippen molar-refractivity contribution < 1.29 is 9.59 Å². The highest BCUT2D eigenvalue weighted by atomic mass is 32.1. The van der Waals surface area contributed by atoms with Crippen LogP contribution in [0.15, 0.2) is 36.4 Å². The number of benzene rings is 1. The summed E-state index contributed by atoms with van der Waals surface area (Å²) >= 11 is 1.25. The van der Waals surface area contributed by atoms with Crippen molar-refractivity contribution in [3.8, 4) is 11.3 Å². The predicted molar refractivity (Wildman–Crippen MR) is 95.0 cm³/mol. The number of carbonyl (C=O) groups is 2. The Morgan fingerprint density at radius 2 is 2.08 bits per heavy atom. The molecule has 1 aromatic carbocycles. The van der Waals surface area contributed by atoms with E-state index in [0.29, 0.717) is 11.5 Å². The number of likely N-dealkylation sites (tertiary alicyclic amines) is 1. The van der Waals surface area contributed by atoms with E-state index in [1.165, 1.54) is 11.5 Å². The van der Waals surface area contributed by atoms with E-state index in [-0.39, 0.29) is 18.0 Å². The molecule has 1 fully saturated rings. The van der Waals surface area contributed by atoms with Gasteiger partial charge in [0.15, 0.2) is 0 Å². The summed E-state index contributed by atoms with van der Waals surface area (Å²) in [5, 5.41) is 6.46. The smallest absolute Gasteiger partial charge is 0.320 e. The molecule has 0 bridgehead atoms. The maximum absolute atomic E-state index is 12.2. The first-order valence-electron chi connectivity index (χ1n) is 7.97. The van der Waals surface area contributed by atoms with Crippen LogP contribution in [0, 0.1) is 0 Å². The number of hydrogen-bond acceptors (Lipinski definition) is 4. The molecule has 1 atom stereocenters. The van der Waals surface area contributed by atoms with Gasteiger partial charge in [-0.15, -0.1) is 0 Å². The fraction of sp³-hybridized carbons (Fsp3) is 0.353. The Bertz CT molecular complexity index is 716. The van der Waals surface area contributed by atoms with Gasteiger partial charge in [-0.2, -0.15) is 4.37 Å². The fourth-order valence-corrected chi connectivity index (χ4v) is 3.45. The van der Waals surface area contributed by atoms with Crippen LogP contribution in [-0.4, -0.2) is 40.3 Å². The molecular formula is C17H20N4O2S. The van der Waals surface area contributed by atoms with Crippen LogP contribution in [-0.2, 0) is 4.79 Å². The number of urea groups is 1. The number of aromatic nitrogens is 1. The first-order valence-corrected chi connectivity index (χ1v) is 8.74. The summed E-state index contributed by atoms with van der Waals surface area (Å²) in [5.74, 6) is 0.0527. The molecule has 1 aliphatic heterocycles. The van der Waals surface area contributed by atoms with Crippen molar-refractivity contribution in [2.45, 2.75) is 25.8 Å². The molecule has 3 amide bonds. The molecule has 2 heterocycles. The van der Waals surface area contributed by atoms with Crippen molar-refractivity contribution in [1.29, 1.82) is 0 Å². The fourth-order valence-electron chi connectivity index (χ4n) is 2.79. The molecule has 1 saturated heterocycles. The second-order valence-electron chi connectivity index (χ2n) is 5.85. The van der Waals surface area contributed by atoms with Crippen molar-refractivity contribution in [2.24, 2.45) is 0 Å². The van der Waals surface area contributed by atoms with E-state index in [9.17, 15) is 9.59 Å². The minimum Gasteiger partial charge on any atom is -0.341 e. The van der Waals surface area contributed by atoms with E-state index in [0.717, 1.165) is 30.6 Å². The molecule has 126 valence electrons. The number of amides is 3. The van der Waals surface area contributed by atoms with Gasteiger partial charge in [0.05, 0.1) is 5.69 Å². The number of carbonyl (C=O) groups excluding carboxylic acids is 2. The molecule has 0 unspecified atom stereocenters. The summed E-state index contributed by atoms with van der Waals surface area (Å²) in [6, 6.07) is 11.4. The Kier molecular flexibility index (Phi) is 5.10. The third kappa shape index (κ3) is 4.11. The number of rotatable bonds is 3. The van der Waals surface area contributed by atoms with Crippen molar-refractivity contribution in [2.75, 3.05) is 18.4 Å². The molecule has 6 nitrogen and oxygen atoms in total. The minimum atomic E-state index is -0.256. The highest BCUT2D eigenvalue weighted by molar-refractivity contribution is 7.10. The molecule has 2 aromatic rings. The number of hydrogen-bond donors (Lipinski definition) is 2. The van der Waals surface area contributed by atoms with Gasteiger partial charge in [0, 0.05) is 37.7 Å². The highest BCUT2D eigenvalue weighted by Gasteiger charge is 2.23. The standard InChI is InChI=1S/C17H20N4O2S/c1-12(22)21-9-5-8-14(11-21)18-17(23)19-16-10-15(20-24-16)13-6-3-2-4-7-13/h2-4,6-7,10,14H,5,8-9,11H2,1H3,(H2,18,19,23)/t14-/m0/s1. The highest BCUT2D eigenvalue weighted by Crippen LogP contribution is 2.25. The quantitative estimate of drug-likeness (QED) is 0.899. The van der Waals surface area contributed by atoms with Crippen LogP contribution < -0.4 is 10.6 Å². The van der Waals surface area contributed by atoms with E-state index < -0.39 is 0 Å². The van der Waals surface area contributed by atoms with E-state index in [1.54, 1.807) is 11.8 Å². The second kappa shape index (κ2) is 7.44. The van der Waals surface area contributed by atoms with Crippen LogP contribution in [0.5, 0.6) is 0 Å². The third-order valence-electron chi connectivity index (χ3n) is 4.02. The van der Waals surface area contributed by atoms with E-state index >= 15 is 0 Å². The zero-order valence-electron chi connectivity index (χ0n) is 13.5. The van der Waals surface area contributed by atoms with Gasteiger partial charge >= 0.3 is 6.03 Å². The SMILES string of the molecule is CC(=O)N1CCC[C@H](NC(=O)Nc2cc(-c3ccccc3)ns2)C1. The average molecular weight is 344 g/mol. The largest absolute Gasteiger partial charge is 0.341 e. The van der Waals surface area contributed by atoms with Gasteiger partial charge in [-0.1, -0.05) is 30.3 Å². The Labute approximate surface area is 145 Å². The lowest BCUT2D eigenvalue weighted by molar-refractivity contribution is -0.130. The molecule has 1 aliphatic rings. The van der Waals surface area contributed by atoms with Crippen LogP contribution in [0.2, 0.25) is 0 Å². The number of piperidine rings is 1. The molecule has 0 aliphatic carbocycles. The van der Waals surface area contributed by atoms with Crippen LogP contribution in [0.3, 0.4) is 0 Å². The summed E-state index contributed by atoms with van der Waals surface area (Å²) in [6.07, 6.45) is 1.79. The van der Waals surface area contributed by atoms with E-state index in [2.05, 4.69) is 15.0 Å². The van der Waals surface area contributed by atoms with Gasteiger partial charge < -0.3 is 10.2 Å². The zero-order chi connectivity index (χ0) is 16.9. The van der Waals surface area contributed by atoms with Crippen LogP contribution >= 0.6 is 11.5 Å². The van der Waals surface area contributed by atoms with Crippen molar-refractivity contribution in [3.05, 3.63) is 36.4 Å². The molecule has 1 aromatic heterocycles. The zero-order valence-corrected chi connectivity index (χ0v) is 14.3. The molecule has 0 spiro atoms. The third-order valence-corrected chi connectivity index (χ3v) is 4.72.